The lowest BCUT2D eigenvalue weighted by molar-refractivity contribution is 0.0297. The highest BCUT2D eigenvalue weighted by atomic mass is 16.5. The molecule has 3 aromatic rings. The van der Waals surface area contributed by atoms with E-state index in [0.717, 1.165) is 50.3 Å². The average Bonchev–Trinajstić information content (AvgIpc) is 3.26. The molecular formula is C27H32N4O3. The molecule has 2 aromatic carbocycles. The van der Waals surface area contributed by atoms with Gasteiger partial charge in [0.1, 0.15) is 5.75 Å². The molecule has 178 valence electrons. The van der Waals surface area contributed by atoms with Crippen LogP contribution in [0.25, 0.3) is 0 Å². The third-order valence-electron chi connectivity index (χ3n) is 6.73. The van der Waals surface area contributed by atoms with Crippen LogP contribution >= 0.6 is 0 Å². The van der Waals surface area contributed by atoms with E-state index in [2.05, 4.69) is 46.0 Å². The van der Waals surface area contributed by atoms with Gasteiger partial charge in [-0.1, -0.05) is 42.5 Å². The van der Waals surface area contributed by atoms with Gasteiger partial charge in [-0.3, -0.25) is 14.4 Å². The number of carbonyl (C=O) groups is 1. The van der Waals surface area contributed by atoms with E-state index >= 15 is 0 Å². The Morgan fingerprint density at radius 3 is 2.50 bits per heavy atom. The van der Waals surface area contributed by atoms with Crippen LogP contribution in [-0.2, 0) is 37.2 Å². The van der Waals surface area contributed by atoms with Crippen LogP contribution in [0.2, 0.25) is 0 Å². The normalized spacial score (nSPS) is 16.3. The number of methoxy groups -OCH3 is 1. The molecule has 34 heavy (non-hydrogen) atoms. The van der Waals surface area contributed by atoms with E-state index in [1.54, 1.807) is 7.11 Å². The number of aromatic nitrogens is 2. The Kier molecular flexibility index (Phi) is 6.92. The quantitative estimate of drug-likeness (QED) is 0.542. The van der Waals surface area contributed by atoms with Gasteiger partial charge < -0.3 is 14.4 Å². The monoisotopic (exact) mass is 460 g/mol. The summed E-state index contributed by atoms with van der Waals surface area (Å²) < 4.78 is 12.8. The summed E-state index contributed by atoms with van der Waals surface area (Å²) in [5, 5.41) is 4.89. The Hall–Kier alpha value is -3.16. The Bertz CT molecular complexity index is 1100. The second-order valence-electron chi connectivity index (χ2n) is 8.95. The molecule has 0 spiro atoms. The summed E-state index contributed by atoms with van der Waals surface area (Å²) in [5.41, 5.74) is 5.43. The van der Waals surface area contributed by atoms with Crippen molar-refractivity contribution in [2.45, 2.75) is 32.5 Å². The summed E-state index contributed by atoms with van der Waals surface area (Å²) in [7, 11) is 1.68. The summed E-state index contributed by atoms with van der Waals surface area (Å²) in [6.07, 6.45) is 1.79. The smallest absolute Gasteiger partial charge is 0.274 e. The molecule has 0 N–H and O–H groups in total. The van der Waals surface area contributed by atoms with Gasteiger partial charge in [0, 0.05) is 56.9 Å². The van der Waals surface area contributed by atoms with Gasteiger partial charge in [-0.15, -0.1) is 0 Å². The number of carbonyl (C=O) groups excluding carboxylic acids is 1. The molecule has 1 aromatic heterocycles. The Morgan fingerprint density at radius 1 is 1.00 bits per heavy atom. The van der Waals surface area contributed by atoms with Crippen LogP contribution in [0.15, 0.2) is 54.6 Å². The van der Waals surface area contributed by atoms with E-state index in [1.807, 2.05) is 23.1 Å². The molecule has 0 saturated carbocycles. The highest BCUT2D eigenvalue weighted by Crippen LogP contribution is 2.26. The van der Waals surface area contributed by atoms with Crippen LogP contribution in [0.3, 0.4) is 0 Å². The fourth-order valence-corrected chi connectivity index (χ4v) is 4.82. The minimum Gasteiger partial charge on any atom is -0.497 e. The van der Waals surface area contributed by atoms with Gasteiger partial charge in [0.2, 0.25) is 0 Å². The highest BCUT2D eigenvalue weighted by molar-refractivity contribution is 5.94. The number of hydrogen-bond acceptors (Lipinski definition) is 5. The van der Waals surface area contributed by atoms with E-state index in [0.29, 0.717) is 32.0 Å². The number of rotatable bonds is 7. The topological polar surface area (TPSA) is 59.8 Å². The zero-order chi connectivity index (χ0) is 23.3. The van der Waals surface area contributed by atoms with Crippen molar-refractivity contribution in [3.8, 4) is 5.75 Å². The fourth-order valence-electron chi connectivity index (χ4n) is 4.82. The molecule has 1 amide bonds. The number of hydrogen-bond donors (Lipinski definition) is 0. The molecule has 1 saturated heterocycles. The maximum atomic E-state index is 13.5. The van der Waals surface area contributed by atoms with E-state index in [-0.39, 0.29) is 5.91 Å². The number of nitrogens with zero attached hydrogens (tertiary/aromatic N) is 4. The fraction of sp³-hybridized carbons (Fsp3) is 0.407. The van der Waals surface area contributed by atoms with Crippen molar-refractivity contribution in [3.05, 3.63) is 82.7 Å². The summed E-state index contributed by atoms with van der Waals surface area (Å²) in [5.74, 6) is 0.895. The van der Waals surface area contributed by atoms with Gasteiger partial charge in [-0.2, -0.15) is 5.10 Å². The molecule has 3 heterocycles. The molecule has 0 aliphatic carbocycles. The lowest BCUT2D eigenvalue weighted by atomic mass is 10.0. The number of aryl methyl sites for hydroxylation is 2. The van der Waals surface area contributed by atoms with Crippen LogP contribution in [0, 0.1) is 0 Å². The number of morpholine rings is 1. The summed E-state index contributed by atoms with van der Waals surface area (Å²) >= 11 is 0. The van der Waals surface area contributed by atoms with Gasteiger partial charge >= 0.3 is 0 Å². The van der Waals surface area contributed by atoms with E-state index in [4.69, 9.17) is 14.6 Å². The van der Waals surface area contributed by atoms with Crippen molar-refractivity contribution >= 4 is 5.91 Å². The van der Waals surface area contributed by atoms with Crippen LogP contribution in [-0.4, -0.2) is 65.4 Å². The number of benzene rings is 2. The third-order valence-corrected chi connectivity index (χ3v) is 6.73. The van der Waals surface area contributed by atoms with Crippen molar-refractivity contribution in [3.63, 3.8) is 0 Å². The summed E-state index contributed by atoms with van der Waals surface area (Å²) in [4.78, 5) is 17.7. The van der Waals surface area contributed by atoms with Gasteiger partial charge in [0.15, 0.2) is 5.69 Å². The van der Waals surface area contributed by atoms with Crippen LogP contribution in [0.1, 0.15) is 32.9 Å². The molecule has 7 heteroatoms. The maximum absolute atomic E-state index is 13.5. The molecule has 0 radical (unpaired) electrons. The molecule has 0 atom stereocenters. The second-order valence-corrected chi connectivity index (χ2v) is 8.95. The zero-order valence-corrected chi connectivity index (χ0v) is 19.8. The van der Waals surface area contributed by atoms with E-state index < -0.39 is 0 Å². The number of amides is 1. The minimum absolute atomic E-state index is 0.0318. The predicted molar refractivity (Wildman–Crippen MR) is 130 cm³/mol. The maximum Gasteiger partial charge on any atom is 0.274 e. The van der Waals surface area contributed by atoms with Crippen molar-refractivity contribution in [1.29, 1.82) is 0 Å². The first-order valence-corrected chi connectivity index (χ1v) is 12.1. The van der Waals surface area contributed by atoms with Crippen LogP contribution in [0.5, 0.6) is 5.75 Å². The van der Waals surface area contributed by atoms with Crippen molar-refractivity contribution < 1.29 is 14.3 Å². The predicted octanol–water partition coefficient (Wildman–Crippen LogP) is 3.17. The highest BCUT2D eigenvalue weighted by Gasteiger charge is 2.31. The largest absolute Gasteiger partial charge is 0.497 e. The Labute approximate surface area is 200 Å². The first-order valence-electron chi connectivity index (χ1n) is 12.1. The van der Waals surface area contributed by atoms with Crippen LogP contribution in [0.4, 0.5) is 0 Å². The minimum atomic E-state index is 0.0318. The average molecular weight is 461 g/mol. The molecule has 7 nitrogen and oxygen atoms in total. The van der Waals surface area contributed by atoms with Gasteiger partial charge in [0.05, 0.1) is 20.3 Å². The van der Waals surface area contributed by atoms with Crippen molar-refractivity contribution in [2.24, 2.45) is 0 Å². The number of fused-ring (bicyclic) bond motifs is 1. The van der Waals surface area contributed by atoms with E-state index in [1.165, 1.54) is 16.8 Å². The Morgan fingerprint density at radius 2 is 1.76 bits per heavy atom. The molecule has 5 rings (SSSR count). The Balaban J connectivity index is 1.38. The SMILES string of the molecule is COc1ccc(CN2CCc3c(c(C(=O)N4CCOCC4)nn3CCc3ccccc3)C2)cc1. The number of ether oxygens (including phenoxy) is 2. The van der Waals surface area contributed by atoms with Crippen molar-refractivity contribution in [2.75, 3.05) is 40.0 Å². The first kappa shape index (κ1) is 22.6. The zero-order valence-electron chi connectivity index (χ0n) is 19.8. The standard InChI is InChI=1S/C27H32N4O3/c1-33-23-9-7-22(8-10-23)19-29-13-12-25-24(20-29)26(27(32)30-15-17-34-18-16-30)28-31(25)14-11-21-5-3-2-4-6-21/h2-10H,11-20H2,1H3. The van der Waals surface area contributed by atoms with Gasteiger partial charge in [0.25, 0.3) is 5.91 Å². The van der Waals surface area contributed by atoms with Crippen LogP contribution < -0.4 is 4.74 Å². The summed E-state index contributed by atoms with van der Waals surface area (Å²) in [6.45, 7) is 5.73. The lowest BCUT2D eigenvalue weighted by Gasteiger charge is -2.29. The lowest BCUT2D eigenvalue weighted by Crippen LogP contribution is -2.41. The molecule has 1 fully saturated rings. The molecule has 2 aliphatic rings. The second kappa shape index (κ2) is 10.4. The molecule has 0 unspecified atom stereocenters. The molecule has 2 aliphatic heterocycles. The molecular weight excluding hydrogens is 428 g/mol. The summed E-state index contributed by atoms with van der Waals surface area (Å²) in [6, 6.07) is 18.7. The first-order chi connectivity index (χ1) is 16.7. The third kappa shape index (κ3) is 5.00. The van der Waals surface area contributed by atoms with Crippen molar-refractivity contribution in [1.82, 2.24) is 19.6 Å². The molecule has 0 bridgehead atoms. The van der Waals surface area contributed by atoms with Gasteiger partial charge in [-0.25, -0.2) is 0 Å². The van der Waals surface area contributed by atoms with Gasteiger partial charge in [-0.05, 0) is 29.7 Å². The van der Waals surface area contributed by atoms with E-state index in [9.17, 15) is 4.79 Å².